The highest BCUT2D eigenvalue weighted by Crippen LogP contribution is 2.32. The Morgan fingerprint density at radius 1 is 1.17 bits per heavy atom. The fourth-order valence-electron chi connectivity index (χ4n) is 4.51. The van der Waals surface area contributed by atoms with E-state index in [1.54, 1.807) is 22.8 Å². The first-order chi connectivity index (χ1) is 14.1. The Morgan fingerprint density at radius 2 is 2.03 bits per heavy atom. The third kappa shape index (κ3) is 3.11. The molecule has 0 amide bonds. The van der Waals surface area contributed by atoms with Crippen LogP contribution in [0.1, 0.15) is 42.1 Å². The number of rotatable bonds is 5. The second-order valence-electron chi connectivity index (χ2n) is 7.81. The number of nitrogens with one attached hydrogen (secondary N) is 1. The van der Waals surface area contributed by atoms with Crippen LogP contribution in [0.3, 0.4) is 0 Å². The Kier molecular flexibility index (Phi) is 4.55. The van der Waals surface area contributed by atoms with Crippen molar-refractivity contribution in [2.45, 2.75) is 57.0 Å². The number of H-pyrrole nitrogens is 1. The minimum Gasteiger partial charge on any atom is -0.343 e. The van der Waals surface area contributed by atoms with E-state index in [9.17, 15) is 8.42 Å². The van der Waals surface area contributed by atoms with Crippen LogP contribution in [0.2, 0.25) is 0 Å². The molecule has 8 heteroatoms. The van der Waals surface area contributed by atoms with Crippen molar-refractivity contribution < 1.29 is 8.42 Å². The summed E-state index contributed by atoms with van der Waals surface area (Å²) < 4.78 is 30.4. The SMILES string of the molecule is CCCn1nc(-c2ncc[nH]2)c2c1CCN(S(=O)(=O)c1ccc3c(c1)CCC3)C2. The number of aromatic nitrogens is 4. The van der Waals surface area contributed by atoms with Crippen LogP contribution in [0.15, 0.2) is 35.5 Å². The average molecular weight is 412 g/mol. The molecule has 152 valence electrons. The van der Waals surface area contributed by atoms with Gasteiger partial charge in [0.2, 0.25) is 10.0 Å². The molecule has 1 aliphatic carbocycles. The maximum absolute atomic E-state index is 13.4. The lowest BCUT2D eigenvalue weighted by Gasteiger charge is -2.27. The van der Waals surface area contributed by atoms with E-state index in [2.05, 4.69) is 16.9 Å². The summed E-state index contributed by atoms with van der Waals surface area (Å²) in [6.07, 6.45) is 8.22. The second kappa shape index (κ2) is 7.11. The maximum atomic E-state index is 13.4. The molecule has 0 radical (unpaired) electrons. The third-order valence-corrected chi connectivity index (χ3v) is 7.81. The third-order valence-electron chi connectivity index (χ3n) is 5.96. The molecule has 0 saturated carbocycles. The number of aromatic amines is 1. The van der Waals surface area contributed by atoms with Crippen molar-refractivity contribution in [2.75, 3.05) is 6.54 Å². The molecule has 2 aliphatic rings. The maximum Gasteiger partial charge on any atom is 0.243 e. The van der Waals surface area contributed by atoms with Crippen LogP contribution in [-0.4, -0.2) is 39.0 Å². The molecular weight excluding hydrogens is 386 g/mol. The molecule has 0 atom stereocenters. The Labute approximate surface area is 170 Å². The van der Waals surface area contributed by atoms with Crippen LogP contribution in [-0.2, 0) is 42.4 Å². The Hall–Kier alpha value is -2.45. The molecule has 3 aromatic rings. The lowest BCUT2D eigenvalue weighted by Crippen LogP contribution is -2.36. The van der Waals surface area contributed by atoms with Gasteiger partial charge in [-0.3, -0.25) is 4.68 Å². The van der Waals surface area contributed by atoms with Crippen molar-refractivity contribution in [1.29, 1.82) is 0 Å². The Balaban J connectivity index is 1.52. The van der Waals surface area contributed by atoms with Crippen molar-refractivity contribution in [1.82, 2.24) is 24.1 Å². The largest absolute Gasteiger partial charge is 0.343 e. The van der Waals surface area contributed by atoms with Crippen LogP contribution in [0.25, 0.3) is 11.5 Å². The molecule has 1 N–H and O–H groups in total. The molecule has 1 aliphatic heterocycles. The van der Waals surface area contributed by atoms with E-state index in [-0.39, 0.29) is 0 Å². The zero-order valence-corrected chi connectivity index (χ0v) is 17.4. The van der Waals surface area contributed by atoms with Gasteiger partial charge in [0.15, 0.2) is 5.82 Å². The number of hydrogen-bond donors (Lipinski definition) is 1. The van der Waals surface area contributed by atoms with Crippen molar-refractivity contribution >= 4 is 10.0 Å². The quantitative estimate of drug-likeness (QED) is 0.700. The highest BCUT2D eigenvalue weighted by molar-refractivity contribution is 7.89. The van der Waals surface area contributed by atoms with E-state index in [1.165, 1.54) is 11.1 Å². The van der Waals surface area contributed by atoms with Crippen molar-refractivity contribution in [3.05, 3.63) is 53.0 Å². The van der Waals surface area contributed by atoms with Crippen LogP contribution in [0, 0.1) is 0 Å². The molecule has 29 heavy (non-hydrogen) atoms. The molecule has 0 spiro atoms. The van der Waals surface area contributed by atoms with Gasteiger partial charge in [-0.2, -0.15) is 9.40 Å². The van der Waals surface area contributed by atoms with E-state index in [0.717, 1.165) is 49.2 Å². The Bertz CT molecular complexity index is 1150. The van der Waals surface area contributed by atoms with Gasteiger partial charge in [-0.25, -0.2) is 13.4 Å². The monoisotopic (exact) mass is 411 g/mol. The summed E-state index contributed by atoms with van der Waals surface area (Å²) in [6.45, 7) is 3.74. The highest BCUT2D eigenvalue weighted by atomic mass is 32.2. The smallest absolute Gasteiger partial charge is 0.243 e. The lowest BCUT2D eigenvalue weighted by atomic mass is 10.1. The fourth-order valence-corrected chi connectivity index (χ4v) is 5.97. The molecule has 0 bridgehead atoms. The second-order valence-corrected chi connectivity index (χ2v) is 9.75. The number of nitrogens with zero attached hydrogens (tertiary/aromatic N) is 4. The van der Waals surface area contributed by atoms with Gasteiger partial charge < -0.3 is 4.98 Å². The van der Waals surface area contributed by atoms with Crippen LogP contribution in [0.5, 0.6) is 0 Å². The summed E-state index contributed by atoms with van der Waals surface area (Å²) >= 11 is 0. The van der Waals surface area contributed by atoms with E-state index in [1.807, 2.05) is 16.8 Å². The molecule has 0 unspecified atom stereocenters. The van der Waals surface area contributed by atoms with Gasteiger partial charge in [0.25, 0.3) is 0 Å². The molecular formula is C21H25N5O2S. The van der Waals surface area contributed by atoms with Gasteiger partial charge in [0.1, 0.15) is 5.69 Å². The summed E-state index contributed by atoms with van der Waals surface area (Å²) in [6, 6.07) is 5.63. The predicted molar refractivity (Wildman–Crippen MR) is 110 cm³/mol. The molecule has 5 rings (SSSR count). The van der Waals surface area contributed by atoms with Gasteiger partial charge in [0, 0.05) is 49.7 Å². The van der Waals surface area contributed by atoms with E-state index >= 15 is 0 Å². The van der Waals surface area contributed by atoms with E-state index < -0.39 is 10.0 Å². The summed E-state index contributed by atoms with van der Waals surface area (Å²) in [7, 11) is -3.55. The molecule has 1 aromatic carbocycles. The number of aryl methyl sites for hydroxylation is 3. The summed E-state index contributed by atoms with van der Waals surface area (Å²) in [5.74, 6) is 0.688. The molecule has 0 fully saturated rings. The zero-order chi connectivity index (χ0) is 20.0. The number of sulfonamides is 1. The predicted octanol–water partition coefficient (Wildman–Crippen LogP) is 2.92. The van der Waals surface area contributed by atoms with Crippen LogP contribution >= 0.6 is 0 Å². The van der Waals surface area contributed by atoms with Gasteiger partial charge in [-0.05, 0) is 48.9 Å². The zero-order valence-electron chi connectivity index (χ0n) is 16.6. The molecule has 0 saturated heterocycles. The minimum atomic E-state index is -3.55. The topological polar surface area (TPSA) is 83.9 Å². The number of imidazole rings is 1. The van der Waals surface area contributed by atoms with Crippen LogP contribution in [0.4, 0.5) is 0 Å². The van der Waals surface area contributed by atoms with Gasteiger partial charge in [-0.1, -0.05) is 13.0 Å². The van der Waals surface area contributed by atoms with Gasteiger partial charge >= 0.3 is 0 Å². The molecule has 3 heterocycles. The first-order valence-corrected chi connectivity index (χ1v) is 11.7. The fraction of sp³-hybridized carbons (Fsp3) is 0.429. The normalized spacial score (nSPS) is 16.7. The van der Waals surface area contributed by atoms with E-state index in [0.29, 0.717) is 30.2 Å². The molecule has 7 nitrogen and oxygen atoms in total. The first-order valence-electron chi connectivity index (χ1n) is 10.3. The highest BCUT2D eigenvalue weighted by Gasteiger charge is 2.33. The molecule has 2 aromatic heterocycles. The summed E-state index contributed by atoms with van der Waals surface area (Å²) in [4.78, 5) is 7.88. The van der Waals surface area contributed by atoms with Crippen molar-refractivity contribution in [2.24, 2.45) is 0 Å². The van der Waals surface area contributed by atoms with Crippen LogP contribution < -0.4 is 0 Å². The summed E-state index contributed by atoms with van der Waals surface area (Å²) in [5.41, 5.74) is 5.30. The standard InChI is InChI=1S/C21H25N5O2S/c1-2-11-26-19-8-12-25(14-18(19)20(24-26)21-22-9-10-23-21)29(27,28)17-7-6-15-4-3-5-16(15)13-17/h6-7,9-10,13H,2-5,8,11-12,14H2,1H3,(H,22,23). The van der Waals surface area contributed by atoms with Gasteiger partial charge in [0.05, 0.1) is 4.90 Å². The lowest BCUT2D eigenvalue weighted by molar-refractivity contribution is 0.383. The number of fused-ring (bicyclic) bond motifs is 2. The minimum absolute atomic E-state index is 0.328. The van der Waals surface area contributed by atoms with Gasteiger partial charge in [-0.15, -0.1) is 0 Å². The van der Waals surface area contributed by atoms with Crippen molar-refractivity contribution in [3.63, 3.8) is 0 Å². The average Bonchev–Trinajstić information content (AvgIpc) is 3.47. The Morgan fingerprint density at radius 3 is 2.83 bits per heavy atom. The summed E-state index contributed by atoms with van der Waals surface area (Å²) in [5, 5.41) is 4.76. The number of hydrogen-bond acceptors (Lipinski definition) is 4. The number of benzene rings is 1. The van der Waals surface area contributed by atoms with Crippen molar-refractivity contribution in [3.8, 4) is 11.5 Å². The van der Waals surface area contributed by atoms with E-state index in [4.69, 9.17) is 5.10 Å². The first kappa shape index (κ1) is 18.6.